The van der Waals surface area contributed by atoms with Gasteiger partial charge in [0, 0.05) is 17.3 Å². The lowest BCUT2D eigenvalue weighted by Gasteiger charge is -2.08. The van der Waals surface area contributed by atoms with Crippen LogP contribution in [0.25, 0.3) is 0 Å². The SMILES string of the molecule is C=CCn1c(C)nnc1SCCS(=O)(=O)c1cc(Cl)ccc1Cl. The van der Waals surface area contributed by atoms with Crippen LogP contribution in [0.4, 0.5) is 0 Å². The molecular formula is C14H15Cl2N3O2S2. The molecule has 9 heteroatoms. The van der Waals surface area contributed by atoms with Gasteiger partial charge >= 0.3 is 0 Å². The molecule has 0 fully saturated rings. The van der Waals surface area contributed by atoms with Gasteiger partial charge in [-0.2, -0.15) is 0 Å². The summed E-state index contributed by atoms with van der Waals surface area (Å²) < 4.78 is 26.7. The molecule has 0 unspecified atom stereocenters. The van der Waals surface area contributed by atoms with Gasteiger partial charge in [-0.15, -0.1) is 16.8 Å². The average Bonchev–Trinajstić information content (AvgIpc) is 2.83. The molecule has 2 aromatic rings. The number of halogens is 2. The van der Waals surface area contributed by atoms with Crippen molar-refractivity contribution >= 4 is 44.8 Å². The van der Waals surface area contributed by atoms with Crippen LogP contribution in [0.15, 0.2) is 40.9 Å². The van der Waals surface area contributed by atoms with Gasteiger partial charge in [0.05, 0.1) is 15.7 Å². The lowest BCUT2D eigenvalue weighted by atomic mass is 10.4. The molecule has 0 atom stereocenters. The molecule has 1 heterocycles. The minimum atomic E-state index is -3.52. The van der Waals surface area contributed by atoms with Gasteiger partial charge in [-0.1, -0.05) is 41.0 Å². The van der Waals surface area contributed by atoms with Crippen molar-refractivity contribution in [1.82, 2.24) is 14.8 Å². The van der Waals surface area contributed by atoms with Crippen molar-refractivity contribution in [2.75, 3.05) is 11.5 Å². The predicted octanol–water partition coefficient (Wildman–Crippen LogP) is 3.65. The van der Waals surface area contributed by atoms with Crippen LogP contribution in [0.5, 0.6) is 0 Å². The molecule has 5 nitrogen and oxygen atoms in total. The molecule has 1 aromatic carbocycles. The van der Waals surface area contributed by atoms with Crippen LogP contribution >= 0.6 is 35.0 Å². The minimum absolute atomic E-state index is 0.0519. The molecule has 0 saturated carbocycles. The van der Waals surface area contributed by atoms with E-state index in [9.17, 15) is 8.42 Å². The van der Waals surface area contributed by atoms with E-state index < -0.39 is 9.84 Å². The maximum absolute atomic E-state index is 12.4. The Labute approximate surface area is 149 Å². The van der Waals surface area contributed by atoms with Gasteiger partial charge in [0.2, 0.25) is 0 Å². The first-order valence-electron chi connectivity index (χ1n) is 6.66. The minimum Gasteiger partial charge on any atom is -0.302 e. The van der Waals surface area contributed by atoms with Gasteiger partial charge in [0.15, 0.2) is 15.0 Å². The van der Waals surface area contributed by atoms with E-state index in [0.717, 1.165) is 5.82 Å². The van der Waals surface area contributed by atoms with Crippen molar-refractivity contribution in [1.29, 1.82) is 0 Å². The van der Waals surface area contributed by atoms with Gasteiger partial charge in [0.1, 0.15) is 5.82 Å². The number of aryl methyl sites for hydroxylation is 1. The van der Waals surface area contributed by atoms with E-state index in [2.05, 4.69) is 16.8 Å². The quantitative estimate of drug-likeness (QED) is 0.532. The predicted molar refractivity (Wildman–Crippen MR) is 94.2 cm³/mol. The summed E-state index contributed by atoms with van der Waals surface area (Å²) in [6, 6.07) is 4.40. The summed E-state index contributed by atoms with van der Waals surface area (Å²) in [6.07, 6.45) is 1.74. The van der Waals surface area contributed by atoms with Crippen LogP contribution < -0.4 is 0 Å². The largest absolute Gasteiger partial charge is 0.302 e. The van der Waals surface area contributed by atoms with E-state index in [-0.39, 0.29) is 15.7 Å². The fourth-order valence-electron chi connectivity index (χ4n) is 1.88. The molecule has 0 aliphatic heterocycles. The summed E-state index contributed by atoms with van der Waals surface area (Å²) in [7, 11) is -3.52. The second-order valence-corrected chi connectivity index (χ2v) is 8.65. The Hall–Kier alpha value is -1.02. The summed E-state index contributed by atoms with van der Waals surface area (Å²) in [5.74, 6) is 1.02. The summed E-state index contributed by atoms with van der Waals surface area (Å²) in [5, 5.41) is 9.20. The Bertz CT molecular complexity index is 819. The van der Waals surface area contributed by atoms with Crippen molar-refractivity contribution in [2.24, 2.45) is 0 Å². The number of allylic oxidation sites excluding steroid dienone is 1. The molecule has 1 aromatic heterocycles. The first-order chi connectivity index (χ1) is 10.8. The maximum Gasteiger partial charge on any atom is 0.191 e. The molecule has 0 spiro atoms. The highest BCUT2D eigenvalue weighted by atomic mass is 35.5. The van der Waals surface area contributed by atoms with E-state index in [1.54, 1.807) is 12.1 Å². The van der Waals surface area contributed by atoms with Gasteiger partial charge in [0.25, 0.3) is 0 Å². The van der Waals surface area contributed by atoms with E-state index in [1.165, 1.54) is 23.9 Å². The highest BCUT2D eigenvalue weighted by molar-refractivity contribution is 8.00. The molecule has 0 saturated heterocycles. The molecule has 2 rings (SSSR count). The highest BCUT2D eigenvalue weighted by Crippen LogP contribution is 2.27. The molecule has 0 amide bonds. The number of hydrogen-bond acceptors (Lipinski definition) is 5. The molecular weight excluding hydrogens is 377 g/mol. The number of nitrogens with zero attached hydrogens (tertiary/aromatic N) is 3. The summed E-state index contributed by atoms with van der Waals surface area (Å²) >= 11 is 13.1. The average molecular weight is 392 g/mol. The van der Waals surface area contributed by atoms with Gasteiger partial charge < -0.3 is 4.57 Å². The Morgan fingerprint density at radius 3 is 2.78 bits per heavy atom. The maximum atomic E-state index is 12.4. The summed E-state index contributed by atoms with van der Waals surface area (Å²) in [5.41, 5.74) is 0. The zero-order chi connectivity index (χ0) is 17.0. The summed E-state index contributed by atoms with van der Waals surface area (Å²) in [4.78, 5) is 0.0519. The second kappa shape index (κ2) is 7.70. The van der Waals surface area contributed by atoms with Crippen LogP contribution in [0, 0.1) is 6.92 Å². The molecule has 0 radical (unpaired) electrons. The number of sulfone groups is 1. The highest BCUT2D eigenvalue weighted by Gasteiger charge is 2.19. The van der Waals surface area contributed by atoms with Gasteiger partial charge in [-0.25, -0.2) is 8.42 Å². The van der Waals surface area contributed by atoms with E-state index in [0.29, 0.717) is 22.5 Å². The lowest BCUT2D eigenvalue weighted by molar-refractivity contribution is 0.597. The van der Waals surface area contributed by atoms with Crippen molar-refractivity contribution < 1.29 is 8.42 Å². The van der Waals surface area contributed by atoms with E-state index in [4.69, 9.17) is 23.2 Å². The Kier molecular flexibility index (Phi) is 6.13. The number of rotatable bonds is 7. The lowest BCUT2D eigenvalue weighted by Crippen LogP contribution is -2.10. The molecule has 0 aliphatic carbocycles. The topological polar surface area (TPSA) is 64.8 Å². The number of hydrogen-bond donors (Lipinski definition) is 0. The van der Waals surface area contributed by atoms with E-state index in [1.807, 2.05) is 11.5 Å². The fourth-order valence-corrected chi connectivity index (χ4v) is 5.33. The molecule has 0 N–H and O–H groups in total. The van der Waals surface area contributed by atoms with Crippen LogP contribution in [0.2, 0.25) is 10.0 Å². The number of thioether (sulfide) groups is 1. The number of benzene rings is 1. The van der Waals surface area contributed by atoms with E-state index >= 15 is 0 Å². The third-order valence-electron chi connectivity index (χ3n) is 3.03. The monoisotopic (exact) mass is 391 g/mol. The first-order valence-corrected chi connectivity index (χ1v) is 10.1. The van der Waals surface area contributed by atoms with Crippen molar-refractivity contribution in [3.63, 3.8) is 0 Å². The van der Waals surface area contributed by atoms with Crippen LogP contribution in [-0.2, 0) is 16.4 Å². The Morgan fingerprint density at radius 1 is 1.35 bits per heavy atom. The smallest absolute Gasteiger partial charge is 0.191 e. The third kappa shape index (κ3) is 4.50. The second-order valence-electron chi connectivity index (χ2n) is 4.67. The Morgan fingerprint density at radius 2 is 2.09 bits per heavy atom. The molecule has 0 aliphatic rings. The molecule has 0 bridgehead atoms. The normalized spacial score (nSPS) is 11.6. The van der Waals surface area contributed by atoms with Gasteiger partial charge in [-0.05, 0) is 25.1 Å². The Balaban J connectivity index is 2.09. The number of aromatic nitrogens is 3. The third-order valence-corrected chi connectivity index (χ3v) is 6.68. The van der Waals surface area contributed by atoms with Crippen LogP contribution in [0.3, 0.4) is 0 Å². The van der Waals surface area contributed by atoms with Gasteiger partial charge in [-0.3, -0.25) is 0 Å². The molecule has 124 valence electrons. The fraction of sp³-hybridized carbons (Fsp3) is 0.286. The van der Waals surface area contributed by atoms with Crippen molar-refractivity contribution in [3.05, 3.63) is 46.7 Å². The summed E-state index contributed by atoms with van der Waals surface area (Å²) in [6.45, 7) is 6.10. The van der Waals surface area contributed by atoms with Crippen molar-refractivity contribution in [2.45, 2.75) is 23.5 Å². The zero-order valence-corrected chi connectivity index (χ0v) is 15.5. The first kappa shape index (κ1) is 18.3. The van der Waals surface area contributed by atoms with Crippen LogP contribution in [0.1, 0.15) is 5.82 Å². The standard InChI is InChI=1S/C14H15Cl2N3O2S2/c1-3-6-19-10(2)17-18-14(19)22-7-8-23(20,21)13-9-11(15)4-5-12(13)16/h3-5,9H,1,6-8H2,2H3. The zero-order valence-electron chi connectivity index (χ0n) is 12.4. The molecule has 23 heavy (non-hydrogen) atoms. The van der Waals surface area contributed by atoms with Crippen molar-refractivity contribution in [3.8, 4) is 0 Å². The van der Waals surface area contributed by atoms with Crippen LogP contribution in [-0.4, -0.2) is 34.7 Å².